The zero-order valence-corrected chi connectivity index (χ0v) is 19.9. The predicted molar refractivity (Wildman–Crippen MR) is 131 cm³/mol. The van der Waals surface area contributed by atoms with Crippen LogP contribution in [0.25, 0.3) is 10.9 Å². The van der Waals surface area contributed by atoms with Crippen molar-refractivity contribution < 1.29 is 18.3 Å². The monoisotopic (exact) mass is 478 g/mol. The van der Waals surface area contributed by atoms with Gasteiger partial charge in [-0.1, -0.05) is 53.7 Å². The minimum atomic E-state index is -3.21. The number of nitrogens with zero attached hydrogens (tertiary/aromatic N) is 1. The molecule has 1 heterocycles. The summed E-state index contributed by atoms with van der Waals surface area (Å²) in [5.74, 6) is -3.06. The Morgan fingerprint density at radius 2 is 1.79 bits per heavy atom. The molecule has 174 valence electrons. The molecule has 0 spiro atoms. The first-order valence-corrected chi connectivity index (χ1v) is 11.5. The minimum absolute atomic E-state index is 0.0918. The smallest absolute Gasteiger partial charge is 0.290 e. The van der Waals surface area contributed by atoms with Crippen LogP contribution in [0.15, 0.2) is 82.7 Å². The summed E-state index contributed by atoms with van der Waals surface area (Å²) in [5, 5.41) is 3.07. The van der Waals surface area contributed by atoms with Crippen molar-refractivity contribution in [2.75, 3.05) is 13.7 Å². The fraction of sp³-hybridized carbons (Fsp3) is 0.185. The van der Waals surface area contributed by atoms with E-state index in [4.69, 9.17) is 4.74 Å². The van der Waals surface area contributed by atoms with Gasteiger partial charge >= 0.3 is 0 Å². The number of pyridine rings is 1. The first-order valence-electron chi connectivity index (χ1n) is 10.7. The number of aryl methyl sites for hydroxylation is 2. The second-order valence-electron chi connectivity index (χ2n) is 8.00. The van der Waals surface area contributed by atoms with Gasteiger partial charge in [0.1, 0.15) is 5.75 Å². The molecule has 1 N–H and O–H groups in total. The number of amides is 1. The number of nitrogens with one attached hydrogen (secondary N) is 1. The standard InChI is InChI=1S/C27H24F2N2O2S/c1-17-8-13-22(18(2)14-17)27(28,29)16-31-26(32)25-21-6-4-5-7-23(21)30-15-24(25)34-20-11-9-19(33-3)10-12-20/h4-15H,16H2,1-3H3,(H,31,32). The molecule has 0 fully saturated rings. The Hall–Kier alpha value is -3.45. The van der Waals surface area contributed by atoms with E-state index in [2.05, 4.69) is 10.3 Å². The lowest BCUT2D eigenvalue weighted by atomic mass is 10.00. The topological polar surface area (TPSA) is 51.2 Å². The molecular formula is C27H24F2N2O2S. The number of rotatable bonds is 7. The normalized spacial score (nSPS) is 11.4. The van der Waals surface area contributed by atoms with E-state index in [1.54, 1.807) is 50.6 Å². The highest BCUT2D eigenvalue weighted by atomic mass is 32.2. The number of hydrogen-bond acceptors (Lipinski definition) is 4. The lowest BCUT2D eigenvalue weighted by Crippen LogP contribution is -2.35. The maximum Gasteiger partial charge on any atom is 0.290 e. The summed E-state index contributed by atoms with van der Waals surface area (Å²) in [6.45, 7) is 2.70. The Labute approximate surface area is 201 Å². The average Bonchev–Trinajstić information content (AvgIpc) is 2.82. The second-order valence-corrected chi connectivity index (χ2v) is 9.11. The Morgan fingerprint density at radius 1 is 1.06 bits per heavy atom. The van der Waals surface area contributed by atoms with Crippen LogP contribution in [0.3, 0.4) is 0 Å². The van der Waals surface area contributed by atoms with Gasteiger partial charge in [0.25, 0.3) is 11.8 Å². The Balaban J connectivity index is 1.64. The van der Waals surface area contributed by atoms with Crippen molar-refractivity contribution in [3.05, 3.63) is 95.2 Å². The average molecular weight is 479 g/mol. The Kier molecular flexibility index (Phi) is 6.84. The highest BCUT2D eigenvalue weighted by Crippen LogP contribution is 2.35. The van der Waals surface area contributed by atoms with Crippen molar-refractivity contribution in [3.63, 3.8) is 0 Å². The summed E-state index contributed by atoms with van der Waals surface area (Å²) < 4.78 is 35.2. The summed E-state index contributed by atoms with van der Waals surface area (Å²) in [7, 11) is 1.59. The fourth-order valence-electron chi connectivity index (χ4n) is 3.80. The van der Waals surface area contributed by atoms with Crippen LogP contribution in [-0.2, 0) is 5.92 Å². The highest BCUT2D eigenvalue weighted by Gasteiger charge is 2.34. The van der Waals surface area contributed by atoms with Gasteiger partial charge in [0.15, 0.2) is 0 Å². The van der Waals surface area contributed by atoms with Gasteiger partial charge in [-0.15, -0.1) is 0 Å². The van der Waals surface area contributed by atoms with E-state index in [0.717, 1.165) is 10.5 Å². The second kappa shape index (κ2) is 9.81. The number of para-hydroxylation sites is 1. The van der Waals surface area contributed by atoms with E-state index in [-0.39, 0.29) is 5.56 Å². The molecule has 0 unspecified atom stereocenters. The van der Waals surface area contributed by atoms with E-state index in [1.807, 2.05) is 37.3 Å². The van der Waals surface area contributed by atoms with Crippen LogP contribution < -0.4 is 10.1 Å². The largest absolute Gasteiger partial charge is 0.497 e. The van der Waals surface area contributed by atoms with Crippen LogP contribution in [-0.4, -0.2) is 24.5 Å². The zero-order chi connectivity index (χ0) is 24.3. The summed E-state index contributed by atoms with van der Waals surface area (Å²) >= 11 is 1.34. The molecule has 1 aromatic heterocycles. The molecule has 34 heavy (non-hydrogen) atoms. The van der Waals surface area contributed by atoms with Gasteiger partial charge in [-0.2, -0.15) is 8.78 Å². The van der Waals surface area contributed by atoms with E-state index in [0.29, 0.717) is 32.7 Å². The van der Waals surface area contributed by atoms with Crippen LogP contribution in [0.4, 0.5) is 8.78 Å². The third kappa shape index (κ3) is 5.04. The minimum Gasteiger partial charge on any atom is -0.497 e. The maximum atomic E-state index is 15.0. The molecule has 4 nitrogen and oxygen atoms in total. The van der Waals surface area contributed by atoms with Gasteiger partial charge < -0.3 is 10.1 Å². The van der Waals surface area contributed by atoms with Crippen molar-refractivity contribution in [1.82, 2.24) is 10.3 Å². The number of aromatic nitrogens is 1. The van der Waals surface area contributed by atoms with Crippen LogP contribution in [0.2, 0.25) is 0 Å². The van der Waals surface area contributed by atoms with Gasteiger partial charge in [0, 0.05) is 26.9 Å². The van der Waals surface area contributed by atoms with E-state index < -0.39 is 18.4 Å². The molecule has 0 aliphatic carbocycles. The van der Waals surface area contributed by atoms with Crippen LogP contribution in [0, 0.1) is 13.8 Å². The number of halogens is 2. The quantitative estimate of drug-likeness (QED) is 0.328. The van der Waals surface area contributed by atoms with Crippen molar-refractivity contribution >= 4 is 28.6 Å². The molecule has 0 saturated heterocycles. The van der Waals surface area contributed by atoms with Crippen LogP contribution in [0.5, 0.6) is 5.75 Å². The van der Waals surface area contributed by atoms with Gasteiger partial charge in [-0.25, -0.2) is 0 Å². The number of carbonyl (C=O) groups excluding carboxylic acids is 1. The molecule has 7 heteroatoms. The van der Waals surface area contributed by atoms with Gasteiger partial charge in [-0.3, -0.25) is 9.78 Å². The highest BCUT2D eigenvalue weighted by molar-refractivity contribution is 7.99. The number of alkyl halides is 2. The summed E-state index contributed by atoms with van der Waals surface area (Å²) in [6.07, 6.45) is 1.61. The number of ether oxygens (including phenoxy) is 1. The molecular weight excluding hydrogens is 454 g/mol. The first-order chi connectivity index (χ1) is 16.3. The number of benzene rings is 3. The lowest BCUT2D eigenvalue weighted by molar-refractivity contribution is -0.00308. The van der Waals surface area contributed by atoms with E-state index in [1.165, 1.54) is 17.8 Å². The molecule has 0 saturated carbocycles. The molecule has 3 aromatic carbocycles. The molecule has 4 aromatic rings. The van der Waals surface area contributed by atoms with Crippen LogP contribution in [0.1, 0.15) is 27.0 Å². The molecule has 0 aliphatic heterocycles. The third-order valence-electron chi connectivity index (χ3n) is 5.50. The first kappa shape index (κ1) is 23.7. The SMILES string of the molecule is COc1ccc(Sc2cnc3ccccc3c2C(=O)NCC(F)(F)c2ccc(C)cc2C)cc1. The lowest BCUT2D eigenvalue weighted by Gasteiger charge is -2.20. The molecule has 0 radical (unpaired) electrons. The molecule has 0 atom stereocenters. The third-order valence-corrected chi connectivity index (χ3v) is 6.54. The van der Waals surface area contributed by atoms with Crippen molar-refractivity contribution in [1.29, 1.82) is 0 Å². The van der Waals surface area contributed by atoms with Gasteiger partial charge in [0.05, 0.1) is 24.7 Å². The molecule has 0 aliphatic rings. The fourth-order valence-corrected chi connectivity index (χ4v) is 4.74. The number of fused-ring (bicyclic) bond motifs is 1. The van der Waals surface area contributed by atoms with E-state index >= 15 is 8.78 Å². The molecule has 4 rings (SSSR count). The summed E-state index contributed by atoms with van der Waals surface area (Å²) in [5.41, 5.74) is 2.25. The number of hydrogen-bond donors (Lipinski definition) is 1. The van der Waals surface area contributed by atoms with Gasteiger partial charge in [0.2, 0.25) is 0 Å². The molecule has 0 bridgehead atoms. The predicted octanol–water partition coefficient (Wildman–Crippen LogP) is 6.53. The zero-order valence-electron chi connectivity index (χ0n) is 19.1. The Bertz CT molecular complexity index is 1340. The van der Waals surface area contributed by atoms with Crippen LogP contribution >= 0.6 is 11.8 Å². The van der Waals surface area contributed by atoms with Crippen molar-refractivity contribution in [2.24, 2.45) is 0 Å². The maximum absolute atomic E-state index is 15.0. The summed E-state index contributed by atoms with van der Waals surface area (Å²) in [6, 6.07) is 19.3. The number of methoxy groups -OCH3 is 1. The van der Waals surface area contributed by atoms with Crippen molar-refractivity contribution in [2.45, 2.75) is 29.6 Å². The van der Waals surface area contributed by atoms with Crippen molar-refractivity contribution in [3.8, 4) is 5.75 Å². The summed E-state index contributed by atoms with van der Waals surface area (Å²) in [4.78, 5) is 19.2. The molecule has 1 amide bonds. The van der Waals surface area contributed by atoms with Gasteiger partial charge in [-0.05, 0) is 49.7 Å². The number of carbonyl (C=O) groups is 1. The Morgan fingerprint density at radius 3 is 2.50 bits per heavy atom. The van der Waals surface area contributed by atoms with E-state index in [9.17, 15) is 4.79 Å².